The molecule has 1 aliphatic rings. The van der Waals surface area contributed by atoms with E-state index in [-0.39, 0.29) is 0 Å². The zero-order valence-corrected chi connectivity index (χ0v) is 13.1. The Bertz CT molecular complexity index is 238. The lowest BCUT2D eigenvalue weighted by atomic mass is 9.87. The van der Waals surface area contributed by atoms with Gasteiger partial charge < -0.3 is 15.5 Å². The third kappa shape index (κ3) is 4.87. The van der Waals surface area contributed by atoms with Crippen LogP contribution in [0.3, 0.4) is 0 Å². The lowest BCUT2D eigenvalue weighted by Gasteiger charge is -2.23. The molecular formula is C15H33N3. The van der Waals surface area contributed by atoms with Gasteiger partial charge in [-0.3, -0.25) is 0 Å². The first-order valence-corrected chi connectivity index (χ1v) is 7.44. The van der Waals surface area contributed by atoms with Crippen LogP contribution in [0.2, 0.25) is 0 Å². The molecule has 2 unspecified atom stereocenters. The van der Waals surface area contributed by atoms with Gasteiger partial charge in [0.25, 0.3) is 0 Å². The van der Waals surface area contributed by atoms with E-state index in [1.807, 2.05) is 0 Å². The van der Waals surface area contributed by atoms with E-state index in [1.54, 1.807) is 0 Å². The molecule has 0 saturated carbocycles. The van der Waals surface area contributed by atoms with Gasteiger partial charge in [0.15, 0.2) is 0 Å². The van der Waals surface area contributed by atoms with Crippen LogP contribution < -0.4 is 5.73 Å². The van der Waals surface area contributed by atoms with Crippen molar-refractivity contribution in [2.24, 2.45) is 17.1 Å². The van der Waals surface area contributed by atoms with Gasteiger partial charge in [0.05, 0.1) is 0 Å². The zero-order chi connectivity index (χ0) is 13.8. The molecule has 18 heavy (non-hydrogen) atoms. The van der Waals surface area contributed by atoms with E-state index in [9.17, 15) is 0 Å². The highest BCUT2D eigenvalue weighted by Crippen LogP contribution is 2.23. The molecule has 0 amide bonds. The highest BCUT2D eigenvalue weighted by atomic mass is 15.2. The molecule has 108 valence electrons. The maximum atomic E-state index is 5.76. The largest absolute Gasteiger partial charge is 0.330 e. The molecule has 0 bridgehead atoms. The molecule has 1 aliphatic heterocycles. The van der Waals surface area contributed by atoms with E-state index in [2.05, 4.69) is 44.7 Å². The summed E-state index contributed by atoms with van der Waals surface area (Å²) in [7, 11) is 4.41. The van der Waals surface area contributed by atoms with Crippen molar-refractivity contribution in [1.82, 2.24) is 9.80 Å². The minimum atomic E-state index is 0.324. The summed E-state index contributed by atoms with van der Waals surface area (Å²) >= 11 is 0. The number of likely N-dealkylation sites (tertiary alicyclic amines) is 1. The number of nitrogens with two attached hydrogens (primary N) is 1. The molecule has 2 N–H and O–H groups in total. The molecule has 1 saturated heterocycles. The number of likely N-dealkylation sites (N-methyl/N-ethyl adjacent to an activating group) is 1. The number of nitrogens with zero attached hydrogens (tertiary/aromatic N) is 2. The Morgan fingerprint density at radius 3 is 2.39 bits per heavy atom. The quantitative estimate of drug-likeness (QED) is 0.707. The molecule has 1 heterocycles. The standard InChI is InChI=1S/C15H33N3/c1-13-10-18(11-14(13)17(4)5)9-7-6-8-15(2,3)12-16/h13-14H,6-12,16H2,1-5H3. The maximum Gasteiger partial charge on any atom is 0.0254 e. The Balaban J connectivity index is 2.18. The van der Waals surface area contributed by atoms with E-state index in [4.69, 9.17) is 5.73 Å². The van der Waals surface area contributed by atoms with Crippen LogP contribution >= 0.6 is 0 Å². The first-order chi connectivity index (χ1) is 8.35. The summed E-state index contributed by atoms with van der Waals surface area (Å²) in [5.41, 5.74) is 6.09. The minimum absolute atomic E-state index is 0.324. The van der Waals surface area contributed by atoms with Gasteiger partial charge in [-0.2, -0.15) is 0 Å². The predicted molar refractivity (Wildman–Crippen MR) is 79.8 cm³/mol. The van der Waals surface area contributed by atoms with Crippen molar-refractivity contribution in [3.63, 3.8) is 0 Å². The summed E-state index contributed by atoms with van der Waals surface area (Å²) in [6.07, 6.45) is 3.88. The monoisotopic (exact) mass is 255 g/mol. The fourth-order valence-corrected chi connectivity index (χ4v) is 2.94. The third-order valence-corrected chi connectivity index (χ3v) is 4.44. The van der Waals surface area contributed by atoms with Crippen LogP contribution in [0.25, 0.3) is 0 Å². The lowest BCUT2D eigenvalue weighted by Crippen LogP contribution is -2.34. The van der Waals surface area contributed by atoms with E-state index >= 15 is 0 Å². The van der Waals surface area contributed by atoms with Crippen molar-refractivity contribution >= 4 is 0 Å². The van der Waals surface area contributed by atoms with Gasteiger partial charge in [-0.15, -0.1) is 0 Å². The molecule has 2 atom stereocenters. The van der Waals surface area contributed by atoms with Crippen molar-refractivity contribution in [2.75, 3.05) is 40.3 Å². The summed E-state index contributed by atoms with van der Waals surface area (Å²) in [4.78, 5) is 5.01. The SMILES string of the molecule is CC1CN(CCCCC(C)(C)CN)CC1N(C)C. The predicted octanol–water partition coefficient (Wildman–Crippen LogP) is 2.02. The van der Waals surface area contributed by atoms with Crippen molar-refractivity contribution in [3.05, 3.63) is 0 Å². The van der Waals surface area contributed by atoms with Crippen molar-refractivity contribution in [1.29, 1.82) is 0 Å². The molecule has 3 nitrogen and oxygen atoms in total. The van der Waals surface area contributed by atoms with Crippen LogP contribution in [0.15, 0.2) is 0 Å². The van der Waals surface area contributed by atoms with Crippen LogP contribution in [-0.2, 0) is 0 Å². The van der Waals surface area contributed by atoms with E-state index in [1.165, 1.54) is 38.9 Å². The minimum Gasteiger partial charge on any atom is -0.330 e. The van der Waals surface area contributed by atoms with E-state index in [0.717, 1.165) is 18.5 Å². The Morgan fingerprint density at radius 1 is 1.22 bits per heavy atom. The second-order valence-corrected chi connectivity index (χ2v) is 7.09. The zero-order valence-electron chi connectivity index (χ0n) is 13.1. The van der Waals surface area contributed by atoms with Gasteiger partial charge in [-0.25, -0.2) is 0 Å². The van der Waals surface area contributed by atoms with Crippen LogP contribution in [-0.4, -0.2) is 56.1 Å². The van der Waals surface area contributed by atoms with Crippen molar-refractivity contribution in [2.45, 2.75) is 46.1 Å². The first kappa shape index (κ1) is 15.9. The van der Waals surface area contributed by atoms with Crippen LogP contribution in [0.5, 0.6) is 0 Å². The number of unbranched alkanes of at least 4 members (excludes halogenated alkanes) is 1. The summed E-state index contributed by atoms with van der Waals surface area (Å²) < 4.78 is 0. The Kier molecular flexibility index (Phi) is 6.09. The molecule has 3 heteroatoms. The molecule has 0 aromatic carbocycles. The molecule has 0 aromatic heterocycles. The van der Waals surface area contributed by atoms with Crippen molar-refractivity contribution < 1.29 is 0 Å². The molecule has 0 spiro atoms. The fraction of sp³-hybridized carbons (Fsp3) is 1.00. The second kappa shape index (κ2) is 6.88. The second-order valence-electron chi connectivity index (χ2n) is 7.09. The maximum absolute atomic E-state index is 5.76. The van der Waals surface area contributed by atoms with Gasteiger partial charge in [0.2, 0.25) is 0 Å². The Morgan fingerprint density at radius 2 is 1.89 bits per heavy atom. The Hall–Kier alpha value is -0.120. The smallest absolute Gasteiger partial charge is 0.0254 e. The number of hydrogen-bond donors (Lipinski definition) is 1. The highest BCUT2D eigenvalue weighted by molar-refractivity contribution is 4.86. The van der Waals surface area contributed by atoms with Crippen LogP contribution in [0, 0.1) is 11.3 Å². The normalized spacial score (nSPS) is 26.2. The molecule has 0 aliphatic carbocycles. The van der Waals surface area contributed by atoms with E-state index in [0.29, 0.717) is 5.41 Å². The van der Waals surface area contributed by atoms with Crippen LogP contribution in [0.4, 0.5) is 0 Å². The molecule has 1 fully saturated rings. The first-order valence-electron chi connectivity index (χ1n) is 7.44. The topological polar surface area (TPSA) is 32.5 Å². The van der Waals surface area contributed by atoms with Gasteiger partial charge in [-0.1, -0.05) is 27.2 Å². The van der Waals surface area contributed by atoms with Gasteiger partial charge in [-0.05, 0) is 51.4 Å². The summed E-state index contributed by atoms with van der Waals surface area (Å²) in [6, 6.07) is 0.741. The number of rotatable bonds is 7. The molecule has 0 aromatic rings. The number of hydrogen-bond acceptors (Lipinski definition) is 3. The van der Waals surface area contributed by atoms with Crippen molar-refractivity contribution in [3.8, 4) is 0 Å². The third-order valence-electron chi connectivity index (χ3n) is 4.44. The molecule has 1 rings (SSSR count). The summed E-state index contributed by atoms with van der Waals surface area (Å²) in [6.45, 7) is 11.5. The molecular weight excluding hydrogens is 222 g/mol. The fourth-order valence-electron chi connectivity index (χ4n) is 2.94. The lowest BCUT2D eigenvalue weighted by molar-refractivity contribution is 0.248. The summed E-state index contributed by atoms with van der Waals surface area (Å²) in [5, 5.41) is 0. The Labute approximate surface area is 114 Å². The average molecular weight is 255 g/mol. The summed E-state index contributed by atoms with van der Waals surface area (Å²) in [5.74, 6) is 0.806. The highest BCUT2D eigenvalue weighted by Gasteiger charge is 2.30. The van der Waals surface area contributed by atoms with Gasteiger partial charge >= 0.3 is 0 Å². The van der Waals surface area contributed by atoms with Crippen LogP contribution in [0.1, 0.15) is 40.0 Å². The van der Waals surface area contributed by atoms with Gasteiger partial charge in [0.1, 0.15) is 0 Å². The van der Waals surface area contributed by atoms with Gasteiger partial charge in [0, 0.05) is 19.1 Å². The molecule has 0 radical (unpaired) electrons. The average Bonchev–Trinajstić information content (AvgIpc) is 2.66. The van der Waals surface area contributed by atoms with E-state index < -0.39 is 0 Å².